The zero-order valence-corrected chi connectivity index (χ0v) is 23.3. The summed E-state index contributed by atoms with van der Waals surface area (Å²) in [6.45, 7) is 7.82. The van der Waals surface area contributed by atoms with Crippen LogP contribution in [-0.2, 0) is 4.74 Å². The van der Waals surface area contributed by atoms with E-state index >= 15 is 0 Å². The summed E-state index contributed by atoms with van der Waals surface area (Å²) in [5.41, 5.74) is 2.44. The summed E-state index contributed by atoms with van der Waals surface area (Å²) in [5.74, 6) is 0.665. The summed E-state index contributed by atoms with van der Waals surface area (Å²) >= 11 is 0. The van der Waals surface area contributed by atoms with Crippen LogP contribution in [0.2, 0.25) is 0 Å². The van der Waals surface area contributed by atoms with Crippen LogP contribution in [0.3, 0.4) is 0 Å². The second-order valence-electron chi connectivity index (χ2n) is 11.6. The van der Waals surface area contributed by atoms with Gasteiger partial charge in [0, 0.05) is 43.9 Å². The molecule has 0 atom stereocenters. The minimum atomic E-state index is -4.78. The molecule has 4 heterocycles. The first-order valence-electron chi connectivity index (χ1n) is 13.8. The lowest BCUT2D eigenvalue weighted by Gasteiger charge is -2.32. The Hall–Kier alpha value is -3.83. The van der Waals surface area contributed by atoms with Gasteiger partial charge >= 0.3 is 12.5 Å². The van der Waals surface area contributed by atoms with E-state index in [1.54, 1.807) is 16.0 Å². The summed E-state index contributed by atoms with van der Waals surface area (Å²) in [4.78, 5) is 41.7. The summed E-state index contributed by atoms with van der Waals surface area (Å²) < 4.78 is 46.7. The number of alkyl halides is 3. The molecular formula is C29H34F3N5O4. The Morgan fingerprint density at radius 3 is 2.12 bits per heavy atom. The van der Waals surface area contributed by atoms with Crippen molar-refractivity contribution >= 4 is 23.2 Å². The van der Waals surface area contributed by atoms with Crippen molar-refractivity contribution in [3.05, 3.63) is 53.5 Å². The average molecular weight is 574 g/mol. The third kappa shape index (κ3) is 6.91. The number of fused-ring (bicyclic) bond motifs is 1. The maximum atomic E-state index is 13.0. The topological polar surface area (TPSA) is 101 Å². The molecule has 1 aromatic carbocycles. The van der Waals surface area contributed by atoms with Crippen LogP contribution >= 0.6 is 0 Å². The monoisotopic (exact) mass is 573 g/mol. The van der Waals surface area contributed by atoms with Crippen LogP contribution < -0.4 is 4.74 Å². The molecule has 2 aliphatic rings. The number of nitrogens with zero attached hydrogens (tertiary/aromatic N) is 4. The summed E-state index contributed by atoms with van der Waals surface area (Å²) in [5, 5.41) is 0. The molecule has 2 fully saturated rings. The number of hydrogen-bond donors (Lipinski definition) is 1. The fourth-order valence-electron chi connectivity index (χ4n) is 5.51. The number of aromatic nitrogens is 3. The third-order valence-corrected chi connectivity index (χ3v) is 7.52. The van der Waals surface area contributed by atoms with Gasteiger partial charge in [-0.1, -0.05) is 0 Å². The van der Waals surface area contributed by atoms with Gasteiger partial charge in [-0.25, -0.2) is 14.8 Å². The van der Waals surface area contributed by atoms with Crippen LogP contribution in [0, 0.1) is 0 Å². The number of amides is 2. The quantitative estimate of drug-likeness (QED) is 0.412. The highest BCUT2D eigenvalue weighted by molar-refractivity contribution is 5.94. The van der Waals surface area contributed by atoms with Crippen molar-refractivity contribution in [3.8, 4) is 5.75 Å². The van der Waals surface area contributed by atoms with E-state index in [1.807, 2.05) is 26.8 Å². The maximum absolute atomic E-state index is 13.0. The molecule has 41 heavy (non-hydrogen) atoms. The molecule has 0 aliphatic carbocycles. The number of likely N-dealkylation sites (tertiary alicyclic amines) is 2. The van der Waals surface area contributed by atoms with E-state index in [4.69, 9.17) is 9.72 Å². The van der Waals surface area contributed by atoms with Crippen LogP contribution in [0.15, 0.2) is 36.5 Å². The van der Waals surface area contributed by atoms with Crippen molar-refractivity contribution in [1.29, 1.82) is 0 Å². The predicted molar refractivity (Wildman–Crippen MR) is 145 cm³/mol. The van der Waals surface area contributed by atoms with Crippen molar-refractivity contribution in [2.45, 2.75) is 70.3 Å². The molecule has 2 saturated heterocycles. The van der Waals surface area contributed by atoms with Crippen molar-refractivity contribution in [2.75, 3.05) is 26.2 Å². The van der Waals surface area contributed by atoms with Gasteiger partial charge < -0.3 is 24.3 Å². The number of carbonyl (C=O) groups is 2. The maximum Gasteiger partial charge on any atom is 0.573 e. The van der Waals surface area contributed by atoms with Gasteiger partial charge in [0.15, 0.2) is 5.65 Å². The zero-order valence-electron chi connectivity index (χ0n) is 23.3. The van der Waals surface area contributed by atoms with Gasteiger partial charge in [0.1, 0.15) is 22.7 Å². The lowest BCUT2D eigenvalue weighted by molar-refractivity contribution is -0.274. The number of carbonyl (C=O) groups excluding carboxylic acids is 2. The smallest absolute Gasteiger partial charge is 0.444 e. The summed E-state index contributed by atoms with van der Waals surface area (Å²) in [6.07, 6.45) is -0.279. The van der Waals surface area contributed by atoms with E-state index in [1.165, 1.54) is 12.1 Å². The number of ether oxygens (including phenoxy) is 2. The number of aromatic amines is 1. The number of nitrogens with one attached hydrogen (secondary N) is 1. The molecule has 3 aromatic rings. The van der Waals surface area contributed by atoms with E-state index in [0.29, 0.717) is 31.7 Å². The van der Waals surface area contributed by atoms with Crippen LogP contribution in [0.1, 0.15) is 80.0 Å². The normalized spacial score (nSPS) is 17.6. The molecule has 220 valence electrons. The van der Waals surface area contributed by atoms with E-state index in [2.05, 4.69) is 14.7 Å². The van der Waals surface area contributed by atoms with Gasteiger partial charge in [0.05, 0.1) is 0 Å². The molecular weight excluding hydrogens is 539 g/mol. The molecule has 0 bridgehead atoms. The Balaban J connectivity index is 1.20. The van der Waals surface area contributed by atoms with Crippen molar-refractivity contribution in [1.82, 2.24) is 24.8 Å². The first-order chi connectivity index (χ1) is 19.4. The highest BCUT2D eigenvalue weighted by Gasteiger charge is 2.32. The van der Waals surface area contributed by atoms with Crippen molar-refractivity contribution in [3.63, 3.8) is 0 Å². The minimum Gasteiger partial charge on any atom is -0.444 e. The van der Waals surface area contributed by atoms with Gasteiger partial charge in [0.25, 0.3) is 5.91 Å². The van der Waals surface area contributed by atoms with E-state index in [0.717, 1.165) is 60.4 Å². The molecule has 5 rings (SSSR count). The van der Waals surface area contributed by atoms with Gasteiger partial charge in [0.2, 0.25) is 0 Å². The van der Waals surface area contributed by atoms with Gasteiger partial charge in [-0.05, 0) is 88.3 Å². The Labute approximate surface area is 236 Å². The Morgan fingerprint density at radius 2 is 1.51 bits per heavy atom. The third-order valence-electron chi connectivity index (χ3n) is 7.52. The van der Waals surface area contributed by atoms with Crippen LogP contribution in [-0.4, -0.2) is 74.9 Å². The molecule has 2 amide bonds. The second kappa shape index (κ2) is 11.2. The fraction of sp³-hybridized carbons (Fsp3) is 0.517. The van der Waals surface area contributed by atoms with E-state index in [-0.39, 0.29) is 29.6 Å². The van der Waals surface area contributed by atoms with Gasteiger partial charge in [-0.3, -0.25) is 4.79 Å². The standard InChI is InChI=1S/C29H34F3N5O4/c1-28(2,3)41-27(39)37-16-11-19(12-17-37)24-34-23-22(8-13-33-25(23)35-24)18-9-14-36(15-10-18)26(38)20-4-6-21(7-5-20)40-29(30,31)32/h4-8,13,18-19H,9-12,14-17H2,1-3H3,(H,33,34,35). The molecule has 0 saturated carbocycles. The Bertz CT molecular complexity index is 1380. The first kappa shape index (κ1) is 28.7. The van der Waals surface area contributed by atoms with E-state index < -0.39 is 12.0 Å². The highest BCUT2D eigenvalue weighted by atomic mass is 19.4. The highest BCUT2D eigenvalue weighted by Crippen LogP contribution is 2.34. The van der Waals surface area contributed by atoms with E-state index in [9.17, 15) is 22.8 Å². The summed E-state index contributed by atoms with van der Waals surface area (Å²) in [7, 11) is 0. The molecule has 2 aromatic heterocycles. The molecule has 0 spiro atoms. The first-order valence-corrected chi connectivity index (χ1v) is 13.8. The number of piperidine rings is 2. The molecule has 0 radical (unpaired) electrons. The van der Waals surface area contributed by atoms with Crippen LogP contribution in [0.5, 0.6) is 5.75 Å². The number of imidazole rings is 1. The number of benzene rings is 1. The Morgan fingerprint density at radius 1 is 0.902 bits per heavy atom. The van der Waals surface area contributed by atoms with Gasteiger partial charge in [-0.2, -0.15) is 0 Å². The number of halogens is 3. The zero-order chi connectivity index (χ0) is 29.4. The number of pyridine rings is 1. The summed E-state index contributed by atoms with van der Waals surface area (Å²) in [6, 6.07) is 6.99. The fourth-order valence-corrected chi connectivity index (χ4v) is 5.51. The van der Waals surface area contributed by atoms with Crippen molar-refractivity contribution < 1.29 is 32.2 Å². The molecule has 9 nitrogen and oxygen atoms in total. The predicted octanol–water partition coefficient (Wildman–Crippen LogP) is 5.99. The lowest BCUT2D eigenvalue weighted by atomic mass is 9.89. The molecule has 12 heteroatoms. The lowest BCUT2D eigenvalue weighted by Crippen LogP contribution is -2.41. The molecule has 2 aliphatic heterocycles. The molecule has 1 N–H and O–H groups in total. The molecule has 0 unspecified atom stereocenters. The number of hydrogen-bond acceptors (Lipinski definition) is 6. The SMILES string of the molecule is CC(C)(C)OC(=O)N1CCC(c2nc3c(C4CCN(C(=O)c5ccc(OC(F)(F)F)cc5)CC4)ccnc3[nH]2)CC1. The number of rotatable bonds is 4. The largest absolute Gasteiger partial charge is 0.573 e. The van der Waals surface area contributed by atoms with Gasteiger partial charge in [-0.15, -0.1) is 13.2 Å². The Kier molecular flexibility index (Phi) is 7.85. The second-order valence-corrected chi connectivity index (χ2v) is 11.6. The minimum absolute atomic E-state index is 0.183. The van der Waals surface area contributed by atoms with Crippen LogP contribution in [0.4, 0.5) is 18.0 Å². The average Bonchev–Trinajstić information content (AvgIpc) is 3.36. The van der Waals surface area contributed by atoms with Crippen LogP contribution in [0.25, 0.3) is 11.2 Å². The number of H-pyrrole nitrogens is 1. The van der Waals surface area contributed by atoms with Crippen molar-refractivity contribution in [2.24, 2.45) is 0 Å².